The number of carbonyl (C=O) groups is 2. The summed E-state index contributed by atoms with van der Waals surface area (Å²) in [6.07, 6.45) is 3.28. The molecule has 1 fully saturated rings. The minimum absolute atomic E-state index is 0.279. The van der Waals surface area contributed by atoms with Crippen molar-refractivity contribution < 1.29 is 33.3 Å². The summed E-state index contributed by atoms with van der Waals surface area (Å²) < 4.78 is 26.0. The van der Waals surface area contributed by atoms with E-state index in [0.717, 1.165) is 0 Å². The summed E-state index contributed by atoms with van der Waals surface area (Å²) in [7, 11) is 7.05. The molecule has 0 spiro atoms. The molecule has 0 atom stereocenters. The van der Waals surface area contributed by atoms with Crippen LogP contribution in [0.15, 0.2) is 29.9 Å². The Hall–Kier alpha value is -2.96. The highest BCUT2D eigenvalue weighted by Crippen LogP contribution is 2.47. The Bertz CT molecular complexity index is 766. The van der Waals surface area contributed by atoms with Gasteiger partial charge in [-0.1, -0.05) is 12.2 Å². The number of hydrogen-bond acceptors (Lipinski definition) is 7. The second kappa shape index (κ2) is 8.82. The molecule has 1 saturated carbocycles. The predicted molar refractivity (Wildman–Crippen MR) is 104 cm³/mol. The van der Waals surface area contributed by atoms with E-state index in [1.807, 2.05) is 0 Å². The first-order valence-electron chi connectivity index (χ1n) is 8.76. The smallest absolute Gasteiger partial charge is 0.327 e. The summed E-state index contributed by atoms with van der Waals surface area (Å²) in [6, 6.07) is 3.46. The van der Waals surface area contributed by atoms with Gasteiger partial charge in [0.15, 0.2) is 16.9 Å². The predicted octanol–water partition coefficient (Wildman–Crippen LogP) is 3.17. The standard InChI is InChI=1S/C21H26O7/c1-13-8-7-9-21(19(22)27-5,20(23)28-6)15(13)10-14-11-16(24-2)18(26-4)17(12-14)25-3/h10-12H,1,7-9H2,2-6H3/b15-10+. The van der Waals surface area contributed by atoms with Gasteiger partial charge in [-0.3, -0.25) is 9.59 Å². The fourth-order valence-electron chi connectivity index (χ4n) is 3.57. The van der Waals surface area contributed by atoms with Gasteiger partial charge in [-0.25, -0.2) is 0 Å². The third-order valence-electron chi connectivity index (χ3n) is 4.94. The summed E-state index contributed by atoms with van der Waals surface area (Å²) in [6.45, 7) is 4.07. The van der Waals surface area contributed by atoms with Crippen LogP contribution in [0, 0.1) is 5.41 Å². The van der Waals surface area contributed by atoms with Crippen molar-refractivity contribution >= 4 is 18.0 Å². The van der Waals surface area contributed by atoms with Crippen molar-refractivity contribution in [1.82, 2.24) is 0 Å². The quantitative estimate of drug-likeness (QED) is 0.545. The lowest BCUT2D eigenvalue weighted by Crippen LogP contribution is -2.45. The second-order valence-electron chi connectivity index (χ2n) is 6.36. The molecule has 7 heteroatoms. The molecule has 0 unspecified atom stereocenters. The number of benzene rings is 1. The summed E-state index contributed by atoms with van der Waals surface area (Å²) >= 11 is 0. The first-order chi connectivity index (χ1) is 13.4. The first kappa shape index (κ1) is 21.3. The zero-order valence-electron chi connectivity index (χ0n) is 16.9. The van der Waals surface area contributed by atoms with Crippen molar-refractivity contribution in [3.63, 3.8) is 0 Å². The van der Waals surface area contributed by atoms with E-state index in [-0.39, 0.29) is 6.42 Å². The van der Waals surface area contributed by atoms with Gasteiger partial charge in [-0.15, -0.1) is 0 Å². The number of methoxy groups -OCH3 is 5. The van der Waals surface area contributed by atoms with Crippen molar-refractivity contribution in [2.24, 2.45) is 5.41 Å². The minimum atomic E-state index is -1.56. The maximum Gasteiger partial charge on any atom is 0.327 e. The SMILES string of the molecule is C=C1CCCC(C(=O)OC)(C(=O)OC)/C1=C/c1cc(OC)c(OC)c(OC)c1. The molecule has 7 nitrogen and oxygen atoms in total. The van der Waals surface area contributed by atoms with Crippen LogP contribution in [0.5, 0.6) is 17.2 Å². The molecule has 0 heterocycles. The number of carbonyl (C=O) groups excluding carboxylic acids is 2. The van der Waals surface area contributed by atoms with Gasteiger partial charge in [0, 0.05) is 0 Å². The first-order valence-corrected chi connectivity index (χ1v) is 8.76. The largest absolute Gasteiger partial charge is 0.493 e. The van der Waals surface area contributed by atoms with Gasteiger partial charge in [0.05, 0.1) is 35.5 Å². The number of esters is 2. The highest BCUT2D eigenvalue weighted by atomic mass is 16.5. The molecule has 0 saturated heterocycles. The Balaban J connectivity index is 2.73. The maximum absolute atomic E-state index is 12.7. The van der Waals surface area contributed by atoms with Crippen LogP contribution >= 0.6 is 0 Å². The zero-order chi connectivity index (χ0) is 20.9. The van der Waals surface area contributed by atoms with Gasteiger partial charge in [0.2, 0.25) is 5.75 Å². The summed E-state index contributed by atoms with van der Waals surface area (Å²) in [5.41, 5.74) is 0.242. The summed E-state index contributed by atoms with van der Waals surface area (Å²) in [5.74, 6) is 0.0216. The normalized spacial score (nSPS) is 17.0. The van der Waals surface area contributed by atoms with E-state index in [0.29, 0.717) is 46.8 Å². The van der Waals surface area contributed by atoms with Crippen molar-refractivity contribution in [3.05, 3.63) is 35.4 Å². The molecule has 0 N–H and O–H groups in total. The highest BCUT2D eigenvalue weighted by molar-refractivity contribution is 6.06. The second-order valence-corrected chi connectivity index (χ2v) is 6.36. The molecule has 1 aliphatic carbocycles. The number of allylic oxidation sites excluding steroid dienone is 1. The molecule has 152 valence electrons. The van der Waals surface area contributed by atoms with Gasteiger partial charge in [0.25, 0.3) is 0 Å². The fourth-order valence-corrected chi connectivity index (χ4v) is 3.57. The Morgan fingerprint density at radius 1 is 0.964 bits per heavy atom. The zero-order valence-corrected chi connectivity index (χ0v) is 16.9. The van der Waals surface area contributed by atoms with Gasteiger partial charge in [-0.2, -0.15) is 0 Å². The Labute approximate surface area is 164 Å². The average Bonchev–Trinajstić information content (AvgIpc) is 2.72. The van der Waals surface area contributed by atoms with E-state index >= 15 is 0 Å². The molecule has 2 rings (SSSR count). The Kier molecular flexibility index (Phi) is 6.72. The summed E-state index contributed by atoms with van der Waals surface area (Å²) in [4.78, 5) is 25.4. The van der Waals surface area contributed by atoms with Crippen LogP contribution in [-0.2, 0) is 19.1 Å². The van der Waals surface area contributed by atoms with Crippen LogP contribution in [0.1, 0.15) is 24.8 Å². The number of ether oxygens (including phenoxy) is 5. The third-order valence-corrected chi connectivity index (χ3v) is 4.94. The maximum atomic E-state index is 12.7. The van der Waals surface area contributed by atoms with Crippen LogP contribution in [0.4, 0.5) is 0 Å². The average molecular weight is 390 g/mol. The van der Waals surface area contributed by atoms with Crippen LogP contribution in [0.3, 0.4) is 0 Å². The van der Waals surface area contributed by atoms with Crippen molar-refractivity contribution in [1.29, 1.82) is 0 Å². The molecule has 1 aromatic carbocycles. The third kappa shape index (κ3) is 3.56. The van der Waals surface area contributed by atoms with E-state index in [2.05, 4.69) is 6.58 Å². The monoisotopic (exact) mass is 390 g/mol. The highest BCUT2D eigenvalue weighted by Gasteiger charge is 2.53. The lowest BCUT2D eigenvalue weighted by molar-refractivity contribution is -0.166. The van der Waals surface area contributed by atoms with E-state index in [1.54, 1.807) is 18.2 Å². The molecule has 0 amide bonds. The fraction of sp³-hybridized carbons (Fsp3) is 0.429. The minimum Gasteiger partial charge on any atom is -0.493 e. The number of rotatable bonds is 6. The molecule has 0 radical (unpaired) electrons. The van der Waals surface area contributed by atoms with Crippen molar-refractivity contribution in [3.8, 4) is 17.2 Å². The Morgan fingerprint density at radius 2 is 1.50 bits per heavy atom. The van der Waals surface area contributed by atoms with E-state index in [4.69, 9.17) is 23.7 Å². The van der Waals surface area contributed by atoms with Gasteiger partial charge in [-0.05, 0) is 48.6 Å². The lowest BCUT2D eigenvalue weighted by Gasteiger charge is -2.35. The van der Waals surface area contributed by atoms with Crippen LogP contribution in [-0.4, -0.2) is 47.5 Å². The molecule has 28 heavy (non-hydrogen) atoms. The van der Waals surface area contributed by atoms with E-state index in [1.165, 1.54) is 35.5 Å². The van der Waals surface area contributed by atoms with Gasteiger partial charge >= 0.3 is 11.9 Å². The van der Waals surface area contributed by atoms with E-state index in [9.17, 15) is 9.59 Å². The summed E-state index contributed by atoms with van der Waals surface area (Å²) in [5, 5.41) is 0. The lowest BCUT2D eigenvalue weighted by atomic mass is 9.67. The van der Waals surface area contributed by atoms with Crippen LogP contribution < -0.4 is 14.2 Å². The van der Waals surface area contributed by atoms with Crippen LogP contribution in [0.2, 0.25) is 0 Å². The van der Waals surface area contributed by atoms with Crippen molar-refractivity contribution in [2.45, 2.75) is 19.3 Å². The molecule has 0 bridgehead atoms. The van der Waals surface area contributed by atoms with Crippen LogP contribution in [0.25, 0.3) is 6.08 Å². The van der Waals surface area contributed by atoms with Crippen molar-refractivity contribution in [2.75, 3.05) is 35.5 Å². The molecule has 1 aromatic rings. The topological polar surface area (TPSA) is 80.3 Å². The molecule has 0 aliphatic heterocycles. The van der Waals surface area contributed by atoms with Gasteiger partial charge < -0.3 is 23.7 Å². The molecular formula is C21H26O7. The molecule has 0 aromatic heterocycles. The molecular weight excluding hydrogens is 364 g/mol. The number of hydrogen-bond donors (Lipinski definition) is 0. The molecule has 1 aliphatic rings. The Morgan fingerprint density at radius 3 is 1.93 bits per heavy atom. The van der Waals surface area contributed by atoms with E-state index < -0.39 is 17.4 Å². The van der Waals surface area contributed by atoms with Gasteiger partial charge in [0.1, 0.15) is 0 Å².